The number of benzene rings is 1. The van der Waals surface area contributed by atoms with Crippen molar-refractivity contribution in [2.75, 3.05) is 32.7 Å². The van der Waals surface area contributed by atoms with Crippen molar-refractivity contribution in [3.8, 4) is 0 Å². The fraction of sp³-hybridized carbons (Fsp3) is 0.619. The molecule has 2 aromatic rings. The molecule has 5 heterocycles. The first kappa shape index (κ1) is 18.1. The molecule has 0 spiro atoms. The number of nitrogens with zero attached hydrogens (tertiary/aromatic N) is 4. The zero-order valence-electron chi connectivity index (χ0n) is 16.5. The smallest absolute Gasteiger partial charge is 0.222 e. The second-order valence-electron chi connectivity index (χ2n) is 8.62. The maximum Gasteiger partial charge on any atom is 0.222 e. The SMILES string of the molecule is Cc1cc(F)cc2[nH]c(CN3CC4CC(C3)N4CCN3CCCCC3=O)nc12. The Bertz CT molecular complexity index is 884. The van der Waals surface area contributed by atoms with Crippen molar-refractivity contribution in [1.82, 2.24) is 24.7 Å². The number of aromatic amines is 1. The van der Waals surface area contributed by atoms with Crippen LogP contribution in [0.2, 0.25) is 0 Å². The standard InChI is InChI=1S/C21H28FN5O/c1-14-8-15(22)9-18-21(14)24-19(23-18)13-25-11-16-10-17(12-25)27(16)7-6-26-5-3-2-4-20(26)28/h8-9,16-17H,2-7,10-13H2,1H3,(H,23,24). The minimum absolute atomic E-state index is 0.220. The third kappa shape index (κ3) is 3.31. The van der Waals surface area contributed by atoms with Crippen LogP contribution in [0.1, 0.15) is 37.1 Å². The summed E-state index contributed by atoms with van der Waals surface area (Å²) in [5, 5.41) is 0. The molecule has 2 unspecified atom stereocenters. The molecule has 0 radical (unpaired) electrons. The minimum Gasteiger partial charge on any atom is -0.341 e. The number of fused-ring (bicyclic) bond motifs is 3. The minimum atomic E-state index is -0.220. The van der Waals surface area contributed by atoms with Gasteiger partial charge in [-0.3, -0.25) is 14.6 Å². The van der Waals surface area contributed by atoms with E-state index in [-0.39, 0.29) is 5.82 Å². The molecular weight excluding hydrogens is 357 g/mol. The Morgan fingerprint density at radius 2 is 2.04 bits per heavy atom. The van der Waals surface area contributed by atoms with Crippen LogP contribution < -0.4 is 0 Å². The molecule has 150 valence electrons. The summed E-state index contributed by atoms with van der Waals surface area (Å²) in [6, 6.07) is 4.23. The normalized spacial score (nSPS) is 26.1. The second-order valence-corrected chi connectivity index (χ2v) is 8.62. The van der Waals surface area contributed by atoms with E-state index in [0.717, 1.165) is 81.0 Å². The van der Waals surface area contributed by atoms with Gasteiger partial charge in [-0.1, -0.05) is 0 Å². The fourth-order valence-electron chi connectivity index (χ4n) is 5.19. The van der Waals surface area contributed by atoms with Crippen LogP contribution in [0.15, 0.2) is 12.1 Å². The number of halogens is 1. The summed E-state index contributed by atoms with van der Waals surface area (Å²) in [5.41, 5.74) is 2.52. The highest BCUT2D eigenvalue weighted by atomic mass is 19.1. The van der Waals surface area contributed by atoms with Gasteiger partial charge < -0.3 is 9.88 Å². The molecule has 1 aromatic heterocycles. The molecule has 0 aliphatic carbocycles. The van der Waals surface area contributed by atoms with Gasteiger partial charge in [0.2, 0.25) is 5.91 Å². The van der Waals surface area contributed by atoms with Gasteiger partial charge in [0.25, 0.3) is 0 Å². The summed E-state index contributed by atoms with van der Waals surface area (Å²) in [6.07, 6.45) is 4.18. The van der Waals surface area contributed by atoms with Crippen LogP contribution >= 0.6 is 0 Å². The third-order valence-corrected chi connectivity index (χ3v) is 6.63. The van der Waals surface area contributed by atoms with Crippen LogP contribution in [0.3, 0.4) is 0 Å². The highest BCUT2D eigenvalue weighted by molar-refractivity contribution is 5.78. The summed E-state index contributed by atoms with van der Waals surface area (Å²) in [4.78, 5) is 27.1. The number of piperazine rings is 1. The van der Waals surface area contributed by atoms with E-state index in [2.05, 4.69) is 14.8 Å². The highest BCUT2D eigenvalue weighted by Gasteiger charge is 2.44. The lowest BCUT2D eigenvalue weighted by molar-refractivity contribution is -0.135. The molecule has 2 bridgehead atoms. The Balaban J connectivity index is 1.17. The van der Waals surface area contributed by atoms with Gasteiger partial charge in [0.05, 0.1) is 17.6 Å². The first-order chi connectivity index (χ1) is 13.6. The zero-order valence-corrected chi connectivity index (χ0v) is 16.5. The van der Waals surface area contributed by atoms with Crippen LogP contribution in [0, 0.1) is 12.7 Å². The number of aromatic nitrogens is 2. The second kappa shape index (κ2) is 7.12. The Morgan fingerprint density at radius 3 is 2.82 bits per heavy atom. The van der Waals surface area contributed by atoms with E-state index < -0.39 is 0 Å². The Labute approximate surface area is 164 Å². The van der Waals surface area contributed by atoms with Crippen LogP contribution in [-0.4, -0.2) is 75.4 Å². The monoisotopic (exact) mass is 385 g/mol. The van der Waals surface area contributed by atoms with Crippen molar-refractivity contribution in [2.45, 2.75) is 51.2 Å². The predicted molar refractivity (Wildman–Crippen MR) is 105 cm³/mol. The zero-order chi connectivity index (χ0) is 19.3. The molecule has 4 aliphatic rings. The molecule has 6 rings (SSSR count). The number of carbonyl (C=O) groups is 1. The van der Waals surface area contributed by atoms with Crippen molar-refractivity contribution >= 4 is 16.9 Å². The van der Waals surface area contributed by atoms with E-state index in [1.54, 1.807) is 0 Å². The van der Waals surface area contributed by atoms with Gasteiger partial charge in [-0.05, 0) is 43.9 Å². The fourth-order valence-corrected chi connectivity index (χ4v) is 5.19. The van der Waals surface area contributed by atoms with Crippen molar-refractivity contribution in [1.29, 1.82) is 0 Å². The van der Waals surface area contributed by atoms with Gasteiger partial charge in [0, 0.05) is 51.2 Å². The molecule has 6 nitrogen and oxygen atoms in total. The van der Waals surface area contributed by atoms with E-state index in [4.69, 9.17) is 4.98 Å². The number of imidazole rings is 1. The summed E-state index contributed by atoms with van der Waals surface area (Å²) < 4.78 is 13.6. The largest absolute Gasteiger partial charge is 0.341 e. The van der Waals surface area contributed by atoms with Crippen LogP contribution in [0.4, 0.5) is 4.39 Å². The van der Waals surface area contributed by atoms with Gasteiger partial charge >= 0.3 is 0 Å². The summed E-state index contributed by atoms with van der Waals surface area (Å²) in [6.45, 7) is 7.56. The molecule has 4 saturated heterocycles. The average molecular weight is 385 g/mol. The van der Waals surface area contributed by atoms with Gasteiger partial charge in [-0.15, -0.1) is 0 Å². The topological polar surface area (TPSA) is 55.5 Å². The van der Waals surface area contributed by atoms with Crippen LogP contribution in [0.5, 0.6) is 0 Å². The summed E-state index contributed by atoms with van der Waals surface area (Å²) in [7, 11) is 0. The Morgan fingerprint density at radius 1 is 1.21 bits per heavy atom. The molecule has 1 aromatic carbocycles. The maximum absolute atomic E-state index is 13.6. The van der Waals surface area contributed by atoms with Gasteiger partial charge in [-0.25, -0.2) is 9.37 Å². The summed E-state index contributed by atoms with van der Waals surface area (Å²) in [5.74, 6) is 1.02. The number of hydrogen-bond acceptors (Lipinski definition) is 4. The number of aryl methyl sites for hydroxylation is 1. The number of likely N-dealkylation sites (tertiary alicyclic amines) is 1. The van der Waals surface area contributed by atoms with E-state index in [1.165, 1.54) is 18.6 Å². The number of hydrogen-bond donors (Lipinski definition) is 1. The van der Waals surface area contributed by atoms with E-state index in [1.807, 2.05) is 11.8 Å². The number of carbonyl (C=O) groups excluding carboxylic acids is 1. The maximum atomic E-state index is 13.6. The molecule has 1 N–H and O–H groups in total. The molecular formula is C21H28FN5O. The lowest BCUT2D eigenvalue weighted by Gasteiger charge is -2.56. The van der Waals surface area contributed by atoms with Gasteiger partial charge in [-0.2, -0.15) is 0 Å². The van der Waals surface area contributed by atoms with Crippen molar-refractivity contribution in [3.05, 3.63) is 29.3 Å². The molecule has 0 saturated carbocycles. The Kier molecular flexibility index (Phi) is 4.59. The molecule has 7 heteroatoms. The molecule has 4 fully saturated rings. The van der Waals surface area contributed by atoms with E-state index in [9.17, 15) is 9.18 Å². The predicted octanol–water partition coefficient (Wildman–Crippen LogP) is 2.28. The van der Waals surface area contributed by atoms with Gasteiger partial charge in [0.1, 0.15) is 11.6 Å². The van der Waals surface area contributed by atoms with Crippen molar-refractivity contribution in [2.24, 2.45) is 0 Å². The molecule has 1 amide bonds. The average Bonchev–Trinajstić information content (AvgIpc) is 3.06. The Hall–Kier alpha value is -1.99. The van der Waals surface area contributed by atoms with Gasteiger partial charge in [0.15, 0.2) is 0 Å². The lowest BCUT2D eigenvalue weighted by atomic mass is 9.87. The molecule has 2 atom stereocenters. The van der Waals surface area contributed by atoms with Crippen molar-refractivity contribution < 1.29 is 9.18 Å². The van der Waals surface area contributed by atoms with Crippen molar-refractivity contribution in [3.63, 3.8) is 0 Å². The molecule has 28 heavy (non-hydrogen) atoms. The quantitative estimate of drug-likeness (QED) is 0.858. The number of nitrogens with one attached hydrogen (secondary N) is 1. The van der Waals surface area contributed by atoms with E-state index >= 15 is 0 Å². The highest BCUT2D eigenvalue weighted by Crippen LogP contribution is 2.32. The van der Waals surface area contributed by atoms with Crippen LogP contribution in [-0.2, 0) is 11.3 Å². The lowest BCUT2D eigenvalue weighted by Crippen LogP contribution is -2.69. The first-order valence-electron chi connectivity index (χ1n) is 10.5. The first-order valence-corrected chi connectivity index (χ1v) is 10.5. The number of piperidine rings is 2. The van der Waals surface area contributed by atoms with E-state index in [0.29, 0.717) is 18.0 Å². The number of amides is 1. The molecule has 4 aliphatic heterocycles. The number of H-pyrrole nitrogens is 1. The number of rotatable bonds is 5. The third-order valence-electron chi connectivity index (χ3n) is 6.63. The summed E-state index contributed by atoms with van der Waals surface area (Å²) >= 11 is 0. The van der Waals surface area contributed by atoms with Crippen LogP contribution in [0.25, 0.3) is 11.0 Å².